The van der Waals surface area contributed by atoms with Gasteiger partial charge in [-0.1, -0.05) is 202 Å². The lowest BCUT2D eigenvalue weighted by atomic mass is 9.78. The number of benzene rings is 9. The predicted octanol–water partition coefficient (Wildman–Crippen LogP) is 15.7. The molecule has 0 amide bonds. The van der Waals surface area contributed by atoms with E-state index in [1.807, 2.05) is 12.1 Å². The minimum absolute atomic E-state index is 0.0613. The topological polar surface area (TPSA) is 13.1 Å². The molecule has 10 aromatic rings. The molecule has 280 valence electrons. The van der Waals surface area contributed by atoms with Crippen LogP contribution in [0.1, 0.15) is 47.6 Å². The molecule has 1 aliphatic carbocycles. The van der Waals surface area contributed by atoms with Gasteiger partial charge in [-0.25, -0.2) is 0 Å². The van der Waals surface area contributed by atoms with E-state index in [4.69, 9.17) is 4.42 Å². The molecule has 0 N–H and O–H groups in total. The molecule has 0 aliphatic heterocycles. The fraction of sp³-hybridized carbons (Fsp3) is 0.0690. The average Bonchev–Trinajstić information content (AvgIpc) is 3.78. The molecular weight excluding hydrogens is 713 g/mol. The first-order valence-electron chi connectivity index (χ1n) is 20.6. The van der Waals surface area contributed by atoms with Crippen LogP contribution in [-0.2, 0) is 5.41 Å². The molecule has 1 atom stereocenters. The van der Waals surface area contributed by atoms with Crippen molar-refractivity contribution in [2.24, 2.45) is 0 Å². The first-order chi connectivity index (χ1) is 29.0. The molecular formula is C58H42O. The van der Waals surface area contributed by atoms with Gasteiger partial charge >= 0.3 is 0 Å². The van der Waals surface area contributed by atoms with E-state index in [0.717, 1.165) is 21.9 Å². The number of fused-ring (bicyclic) bond motifs is 6. The van der Waals surface area contributed by atoms with Crippen molar-refractivity contribution in [2.75, 3.05) is 0 Å². The molecule has 0 radical (unpaired) electrons. The van der Waals surface area contributed by atoms with E-state index >= 15 is 0 Å². The molecule has 0 spiro atoms. The minimum atomic E-state index is -0.180. The van der Waals surface area contributed by atoms with Crippen LogP contribution in [0.25, 0.3) is 77.6 Å². The second kappa shape index (κ2) is 14.0. The van der Waals surface area contributed by atoms with E-state index < -0.39 is 0 Å². The van der Waals surface area contributed by atoms with E-state index in [1.165, 1.54) is 83.5 Å². The van der Waals surface area contributed by atoms with Crippen LogP contribution in [0.3, 0.4) is 0 Å². The van der Waals surface area contributed by atoms with Gasteiger partial charge in [0.15, 0.2) is 0 Å². The Morgan fingerprint density at radius 1 is 0.322 bits per heavy atom. The van der Waals surface area contributed by atoms with E-state index in [2.05, 4.69) is 214 Å². The Labute approximate surface area is 345 Å². The Morgan fingerprint density at radius 3 is 1.32 bits per heavy atom. The maximum absolute atomic E-state index is 6.16. The summed E-state index contributed by atoms with van der Waals surface area (Å²) in [7, 11) is 0. The van der Waals surface area contributed by atoms with Crippen molar-refractivity contribution in [3.05, 3.63) is 240 Å². The fourth-order valence-corrected chi connectivity index (χ4v) is 9.45. The van der Waals surface area contributed by atoms with Crippen molar-refractivity contribution in [1.82, 2.24) is 0 Å². The third-order valence-electron chi connectivity index (χ3n) is 12.7. The lowest BCUT2D eigenvalue weighted by molar-refractivity contribution is 0.659. The van der Waals surface area contributed by atoms with Crippen LogP contribution in [-0.4, -0.2) is 0 Å². The molecule has 1 aromatic heterocycles. The lowest BCUT2D eigenvalue weighted by Crippen LogP contribution is -2.16. The molecule has 1 unspecified atom stereocenters. The Morgan fingerprint density at radius 2 is 0.729 bits per heavy atom. The Kier molecular flexibility index (Phi) is 8.31. The van der Waals surface area contributed by atoms with Crippen LogP contribution < -0.4 is 0 Å². The van der Waals surface area contributed by atoms with Crippen molar-refractivity contribution < 1.29 is 4.42 Å². The van der Waals surface area contributed by atoms with E-state index in [0.29, 0.717) is 0 Å². The molecule has 1 heteroatoms. The largest absolute Gasteiger partial charge is 0.456 e. The van der Waals surface area contributed by atoms with Crippen LogP contribution in [0, 0.1) is 0 Å². The summed E-state index contributed by atoms with van der Waals surface area (Å²) in [5.74, 6) is 0.0613. The number of hydrogen-bond acceptors (Lipinski definition) is 1. The molecule has 0 saturated carbocycles. The zero-order valence-corrected chi connectivity index (χ0v) is 33.2. The SMILES string of the molecule is CC1(C)c2cc(-c3ccc4oc5ccccc5c4c3)ccc2-c2ccc(C(c3ccc(-c4ccccc4)cc3)c3ccc(-c4ccc(-c5ccccc5)cc4)cc3)cc21. The fourth-order valence-electron chi connectivity index (χ4n) is 9.45. The van der Waals surface area contributed by atoms with Gasteiger partial charge in [0, 0.05) is 22.1 Å². The molecule has 0 saturated heterocycles. The normalized spacial score (nSPS) is 13.3. The number of rotatable bonds is 7. The second-order valence-corrected chi connectivity index (χ2v) is 16.5. The lowest BCUT2D eigenvalue weighted by Gasteiger charge is -2.25. The van der Waals surface area contributed by atoms with Gasteiger partial charge in [-0.15, -0.1) is 0 Å². The highest BCUT2D eigenvalue weighted by Gasteiger charge is 2.36. The summed E-state index contributed by atoms with van der Waals surface area (Å²) in [6.45, 7) is 4.78. The smallest absolute Gasteiger partial charge is 0.135 e. The van der Waals surface area contributed by atoms with Crippen molar-refractivity contribution >= 4 is 21.9 Å². The van der Waals surface area contributed by atoms with Crippen LogP contribution in [0.4, 0.5) is 0 Å². The summed E-state index contributed by atoms with van der Waals surface area (Å²) < 4.78 is 6.16. The van der Waals surface area contributed by atoms with Gasteiger partial charge in [-0.05, 0) is 108 Å². The summed E-state index contributed by atoms with van der Waals surface area (Å²) in [5, 5.41) is 2.31. The Balaban J connectivity index is 0.961. The zero-order valence-electron chi connectivity index (χ0n) is 33.2. The predicted molar refractivity (Wildman–Crippen MR) is 247 cm³/mol. The van der Waals surface area contributed by atoms with Gasteiger partial charge in [-0.2, -0.15) is 0 Å². The molecule has 1 aliphatic rings. The van der Waals surface area contributed by atoms with Crippen LogP contribution in [0.5, 0.6) is 0 Å². The van der Waals surface area contributed by atoms with Crippen LogP contribution in [0.15, 0.2) is 217 Å². The van der Waals surface area contributed by atoms with E-state index in [-0.39, 0.29) is 11.3 Å². The number of hydrogen-bond donors (Lipinski definition) is 0. The van der Waals surface area contributed by atoms with Gasteiger partial charge in [0.25, 0.3) is 0 Å². The molecule has 0 bridgehead atoms. The summed E-state index contributed by atoms with van der Waals surface area (Å²) in [4.78, 5) is 0. The van der Waals surface area contributed by atoms with Crippen molar-refractivity contribution in [1.29, 1.82) is 0 Å². The summed E-state index contributed by atoms with van der Waals surface area (Å²) in [6.07, 6.45) is 0. The summed E-state index contributed by atoms with van der Waals surface area (Å²) >= 11 is 0. The number of para-hydroxylation sites is 1. The van der Waals surface area contributed by atoms with Gasteiger partial charge in [-0.3, -0.25) is 0 Å². The molecule has 9 aromatic carbocycles. The summed E-state index contributed by atoms with van der Waals surface area (Å²) in [6, 6.07) is 77.8. The monoisotopic (exact) mass is 754 g/mol. The zero-order chi connectivity index (χ0) is 39.5. The van der Waals surface area contributed by atoms with Gasteiger partial charge in [0.2, 0.25) is 0 Å². The van der Waals surface area contributed by atoms with Gasteiger partial charge < -0.3 is 4.42 Å². The minimum Gasteiger partial charge on any atom is -0.456 e. The third kappa shape index (κ3) is 6.10. The van der Waals surface area contributed by atoms with Gasteiger partial charge in [0.1, 0.15) is 11.2 Å². The maximum atomic E-state index is 6.16. The van der Waals surface area contributed by atoms with Crippen LogP contribution >= 0.6 is 0 Å². The third-order valence-corrected chi connectivity index (χ3v) is 12.7. The second-order valence-electron chi connectivity index (χ2n) is 16.5. The Hall–Kier alpha value is -7.22. The first kappa shape index (κ1) is 35.0. The van der Waals surface area contributed by atoms with Crippen molar-refractivity contribution in [3.63, 3.8) is 0 Å². The molecule has 59 heavy (non-hydrogen) atoms. The quantitative estimate of drug-likeness (QED) is 0.148. The molecule has 11 rings (SSSR count). The van der Waals surface area contributed by atoms with Gasteiger partial charge in [0.05, 0.1) is 0 Å². The van der Waals surface area contributed by atoms with Crippen molar-refractivity contribution in [3.8, 4) is 55.6 Å². The summed E-state index contributed by atoms with van der Waals surface area (Å²) in [5.41, 5.74) is 20.7. The highest BCUT2D eigenvalue weighted by atomic mass is 16.3. The van der Waals surface area contributed by atoms with Crippen LogP contribution in [0.2, 0.25) is 0 Å². The highest BCUT2D eigenvalue weighted by Crippen LogP contribution is 2.51. The standard InChI is InChI=1S/C58H42O/c1-58(2)53-36-47(46-31-34-56-52(35-46)51-15-9-10-16-55(51)59-56)29-32-49(53)50-33-30-48(37-54(50)58)57(44-25-21-41(22-26-44)39-13-7-4-8-14-39)45-27-23-43(24-28-45)42-19-17-40(18-20-42)38-11-5-3-6-12-38/h3-37,57H,1-2H3. The molecule has 1 heterocycles. The highest BCUT2D eigenvalue weighted by molar-refractivity contribution is 6.06. The van der Waals surface area contributed by atoms with E-state index in [1.54, 1.807) is 0 Å². The average molecular weight is 755 g/mol. The maximum Gasteiger partial charge on any atom is 0.135 e. The van der Waals surface area contributed by atoms with E-state index in [9.17, 15) is 0 Å². The molecule has 1 nitrogen and oxygen atoms in total. The Bertz CT molecular complexity index is 3130. The first-order valence-corrected chi connectivity index (χ1v) is 20.6. The number of furan rings is 1. The van der Waals surface area contributed by atoms with Crippen molar-refractivity contribution in [2.45, 2.75) is 25.2 Å². The molecule has 0 fully saturated rings.